The first-order chi connectivity index (χ1) is 11.2. The minimum atomic E-state index is 0.558. The van der Waals surface area contributed by atoms with Gasteiger partial charge in [-0.05, 0) is 49.6 Å². The summed E-state index contributed by atoms with van der Waals surface area (Å²) in [6, 6.07) is 13.5. The van der Waals surface area contributed by atoms with E-state index in [0.29, 0.717) is 22.4 Å². The molecular formula is C18H18Cl2N2O. The number of imidazole rings is 1. The zero-order valence-corrected chi connectivity index (χ0v) is 14.2. The smallest absolute Gasteiger partial charge is 0.137 e. The molecule has 0 radical (unpaired) electrons. The standard InChI is InChI=1S/C18H18Cl2N2O/c19-14-8-9-18(15(20)12-14)23-11-5-1-4-10-22-13-21-16-6-2-3-7-17(16)22/h2-3,6-9,12-13H,1,4-5,10-11H2. The fourth-order valence-electron chi connectivity index (χ4n) is 2.52. The molecule has 0 aliphatic rings. The highest BCUT2D eigenvalue weighted by atomic mass is 35.5. The molecule has 120 valence electrons. The van der Waals surface area contributed by atoms with E-state index in [1.54, 1.807) is 12.1 Å². The monoisotopic (exact) mass is 348 g/mol. The van der Waals surface area contributed by atoms with Crippen molar-refractivity contribution in [1.82, 2.24) is 9.55 Å². The van der Waals surface area contributed by atoms with Gasteiger partial charge < -0.3 is 9.30 Å². The number of rotatable bonds is 7. The van der Waals surface area contributed by atoms with Crippen LogP contribution < -0.4 is 4.74 Å². The molecule has 0 saturated carbocycles. The molecule has 0 aliphatic heterocycles. The molecule has 0 fully saturated rings. The van der Waals surface area contributed by atoms with Gasteiger partial charge in [0.2, 0.25) is 0 Å². The summed E-state index contributed by atoms with van der Waals surface area (Å²) in [7, 11) is 0. The summed E-state index contributed by atoms with van der Waals surface area (Å²) in [5.74, 6) is 0.691. The molecule has 3 nitrogen and oxygen atoms in total. The van der Waals surface area contributed by atoms with Crippen molar-refractivity contribution < 1.29 is 4.74 Å². The van der Waals surface area contributed by atoms with Crippen LogP contribution in [0.25, 0.3) is 11.0 Å². The van der Waals surface area contributed by atoms with E-state index in [1.807, 2.05) is 30.6 Å². The molecule has 2 aromatic carbocycles. The zero-order valence-electron chi connectivity index (χ0n) is 12.7. The molecule has 23 heavy (non-hydrogen) atoms. The molecule has 0 amide bonds. The number of aromatic nitrogens is 2. The minimum absolute atomic E-state index is 0.558. The lowest BCUT2D eigenvalue weighted by Gasteiger charge is -2.08. The average molecular weight is 349 g/mol. The molecule has 0 aliphatic carbocycles. The Morgan fingerprint density at radius 3 is 2.74 bits per heavy atom. The van der Waals surface area contributed by atoms with Gasteiger partial charge in [0.15, 0.2) is 0 Å². The molecule has 0 N–H and O–H groups in total. The quantitative estimate of drug-likeness (QED) is 0.520. The van der Waals surface area contributed by atoms with E-state index < -0.39 is 0 Å². The lowest BCUT2D eigenvalue weighted by molar-refractivity contribution is 0.304. The molecule has 0 atom stereocenters. The van der Waals surface area contributed by atoms with Crippen LogP contribution in [0, 0.1) is 0 Å². The Bertz CT molecular complexity index is 786. The van der Waals surface area contributed by atoms with E-state index in [9.17, 15) is 0 Å². The molecule has 1 aromatic heterocycles. The Morgan fingerprint density at radius 1 is 1.00 bits per heavy atom. The highest BCUT2D eigenvalue weighted by Crippen LogP contribution is 2.27. The summed E-state index contributed by atoms with van der Waals surface area (Å²) in [6.07, 6.45) is 5.09. The Kier molecular flexibility index (Phi) is 5.42. The topological polar surface area (TPSA) is 27.1 Å². The van der Waals surface area contributed by atoms with Crippen molar-refractivity contribution >= 4 is 34.2 Å². The maximum atomic E-state index is 6.07. The number of fused-ring (bicyclic) bond motifs is 1. The van der Waals surface area contributed by atoms with Crippen LogP contribution in [0.5, 0.6) is 5.75 Å². The van der Waals surface area contributed by atoms with Crippen LogP contribution in [-0.4, -0.2) is 16.2 Å². The Labute approximate surface area is 145 Å². The maximum Gasteiger partial charge on any atom is 0.137 e. The summed E-state index contributed by atoms with van der Waals surface area (Å²) < 4.78 is 7.89. The van der Waals surface area contributed by atoms with E-state index in [-0.39, 0.29) is 0 Å². The van der Waals surface area contributed by atoms with E-state index in [4.69, 9.17) is 27.9 Å². The number of aryl methyl sites for hydroxylation is 1. The largest absolute Gasteiger partial charge is 0.492 e. The van der Waals surface area contributed by atoms with Crippen molar-refractivity contribution in [2.45, 2.75) is 25.8 Å². The highest BCUT2D eigenvalue weighted by molar-refractivity contribution is 6.35. The predicted octanol–water partition coefficient (Wildman–Crippen LogP) is 5.59. The van der Waals surface area contributed by atoms with Gasteiger partial charge in [-0.25, -0.2) is 4.98 Å². The fraction of sp³-hybridized carbons (Fsp3) is 0.278. The van der Waals surface area contributed by atoms with Crippen molar-refractivity contribution in [1.29, 1.82) is 0 Å². The SMILES string of the molecule is Clc1ccc(OCCCCCn2cnc3ccccc32)c(Cl)c1. The first kappa shape index (κ1) is 16.2. The number of para-hydroxylation sites is 2. The third kappa shape index (κ3) is 4.18. The third-order valence-corrected chi connectivity index (χ3v) is 4.25. The number of benzene rings is 2. The van der Waals surface area contributed by atoms with E-state index >= 15 is 0 Å². The molecule has 5 heteroatoms. The van der Waals surface area contributed by atoms with Gasteiger partial charge in [-0.2, -0.15) is 0 Å². The molecule has 0 saturated heterocycles. The van der Waals surface area contributed by atoms with Crippen LogP contribution in [-0.2, 0) is 6.54 Å². The van der Waals surface area contributed by atoms with Crippen molar-refractivity contribution in [2.75, 3.05) is 6.61 Å². The van der Waals surface area contributed by atoms with Gasteiger partial charge >= 0.3 is 0 Å². The van der Waals surface area contributed by atoms with Gasteiger partial charge in [0.1, 0.15) is 5.75 Å². The van der Waals surface area contributed by atoms with Gasteiger partial charge in [0.05, 0.1) is 29.0 Å². The molecule has 0 bridgehead atoms. The van der Waals surface area contributed by atoms with Crippen LogP contribution in [0.15, 0.2) is 48.8 Å². The molecule has 3 aromatic rings. The Balaban J connectivity index is 1.40. The maximum absolute atomic E-state index is 6.07. The van der Waals surface area contributed by atoms with E-state index in [1.165, 1.54) is 5.52 Å². The van der Waals surface area contributed by atoms with Gasteiger partial charge in [-0.3, -0.25) is 0 Å². The summed E-state index contributed by atoms with van der Waals surface area (Å²) in [4.78, 5) is 4.40. The summed E-state index contributed by atoms with van der Waals surface area (Å²) >= 11 is 11.9. The first-order valence-electron chi connectivity index (χ1n) is 7.72. The highest BCUT2D eigenvalue weighted by Gasteiger charge is 2.03. The summed E-state index contributed by atoms with van der Waals surface area (Å²) in [6.45, 7) is 1.63. The summed E-state index contributed by atoms with van der Waals surface area (Å²) in [5, 5.41) is 1.18. The first-order valence-corrected chi connectivity index (χ1v) is 8.47. The number of unbranched alkanes of at least 4 members (excludes halogenated alkanes) is 2. The van der Waals surface area contributed by atoms with Crippen molar-refractivity contribution in [2.24, 2.45) is 0 Å². The predicted molar refractivity (Wildman–Crippen MR) is 95.5 cm³/mol. The lowest BCUT2D eigenvalue weighted by Crippen LogP contribution is -2.00. The number of halogens is 2. The van der Waals surface area contributed by atoms with Gasteiger partial charge in [0.25, 0.3) is 0 Å². The number of nitrogens with zero attached hydrogens (tertiary/aromatic N) is 2. The molecular weight excluding hydrogens is 331 g/mol. The second kappa shape index (κ2) is 7.71. The zero-order chi connectivity index (χ0) is 16.1. The van der Waals surface area contributed by atoms with Crippen LogP contribution >= 0.6 is 23.2 Å². The lowest BCUT2D eigenvalue weighted by atomic mass is 10.2. The van der Waals surface area contributed by atoms with Crippen LogP contribution in [0.4, 0.5) is 0 Å². The van der Waals surface area contributed by atoms with E-state index in [2.05, 4.69) is 15.6 Å². The second-order valence-electron chi connectivity index (χ2n) is 5.41. The van der Waals surface area contributed by atoms with Gasteiger partial charge in [0, 0.05) is 11.6 Å². The van der Waals surface area contributed by atoms with Gasteiger partial charge in [-0.15, -0.1) is 0 Å². The molecule has 3 rings (SSSR count). The van der Waals surface area contributed by atoms with Crippen molar-refractivity contribution in [3.63, 3.8) is 0 Å². The van der Waals surface area contributed by atoms with Crippen molar-refractivity contribution in [3.8, 4) is 5.75 Å². The number of ether oxygens (including phenoxy) is 1. The summed E-state index contributed by atoms with van der Waals surface area (Å²) in [5.41, 5.74) is 2.24. The van der Waals surface area contributed by atoms with Crippen molar-refractivity contribution in [3.05, 3.63) is 58.8 Å². The molecule has 1 heterocycles. The van der Waals surface area contributed by atoms with Crippen LogP contribution in [0.2, 0.25) is 10.0 Å². The molecule has 0 spiro atoms. The van der Waals surface area contributed by atoms with Gasteiger partial charge in [-0.1, -0.05) is 35.3 Å². The van der Waals surface area contributed by atoms with Crippen LogP contribution in [0.3, 0.4) is 0 Å². The van der Waals surface area contributed by atoms with Crippen LogP contribution in [0.1, 0.15) is 19.3 Å². The second-order valence-corrected chi connectivity index (χ2v) is 6.25. The minimum Gasteiger partial charge on any atom is -0.492 e. The normalized spacial score (nSPS) is 11.0. The number of hydrogen-bond donors (Lipinski definition) is 0. The Morgan fingerprint density at radius 2 is 1.87 bits per heavy atom. The van der Waals surface area contributed by atoms with E-state index in [0.717, 1.165) is 31.3 Å². The third-order valence-electron chi connectivity index (χ3n) is 3.72. The Hall–Kier alpha value is -1.71. The average Bonchev–Trinajstić information content (AvgIpc) is 2.96. The fourth-order valence-corrected chi connectivity index (χ4v) is 2.99. The molecule has 0 unspecified atom stereocenters. The number of hydrogen-bond acceptors (Lipinski definition) is 2.